The predicted octanol–water partition coefficient (Wildman–Crippen LogP) is 4.10. The Bertz CT molecular complexity index is 644. The van der Waals surface area contributed by atoms with E-state index in [0.717, 1.165) is 5.56 Å². The monoisotopic (exact) mass is 371 g/mol. The Balaban J connectivity index is 3.47. The highest BCUT2D eigenvalue weighted by Gasteiger charge is 2.30. The van der Waals surface area contributed by atoms with Crippen molar-refractivity contribution in [2.75, 3.05) is 26.3 Å². The molecule has 0 aliphatic carbocycles. The fourth-order valence-corrected chi connectivity index (χ4v) is 4.54. The topological polar surface area (TPSA) is 55.8 Å². The quantitative estimate of drug-likeness (QED) is 0.621. The molecule has 0 aromatic heterocycles. The van der Waals surface area contributed by atoms with E-state index in [1.54, 1.807) is 16.4 Å². The van der Waals surface area contributed by atoms with Crippen molar-refractivity contribution in [3.05, 3.63) is 17.7 Å². The molecule has 0 heterocycles. The number of hydrogen-bond acceptors (Lipinski definition) is 4. The van der Waals surface area contributed by atoms with Gasteiger partial charge in [0.25, 0.3) is 0 Å². The van der Waals surface area contributed by atoms with Gasteiger partial charge in [-0.3, -0.25) is 0 Å². The third kappa shape index (κ3) is 5.89. The first kappa shape index (κ1) is 21.8. The minimum atomic E-state index is -3.67. The van der Waals surface area contributed by atoms with E-state index in [4.69, 9.17) is 9.47 Å². The van der Waals surface area contributed by atoms with Crippen LogP contribution in [0.5, 0.6) is 11.5 Å². The van der Waals surface area contributed by atoms with Crippen LogP contribution in [0.4, 0.5) is 0 Å². The minimum Gasteiger partial charge on any atom is -0.494 e. The summed E-state index contributed by atoms with van der Waals surface area (Å²) >= 11 is 0. The molecular formula is C19H33NO4S. The molecule has 144 valence electrons. The van der Waals surface area contributed by atoms with Gasteiger partial charge in [-0.1, -0.05) is 27.7 Å². The summed E-state index contributed by atoms with van der Waals surface area (Å²) in [6, 6.07) is 3.36. The molecule has 0 aliphatic heterocycles. The summed E-state index contributed by atoms with van der Waals surface area (Å²) in [5.74, 6) is 1.45. The molecule has 0 atom stereocenters. The highest BCUT2D eigenvalue weighted by molar-refractivity contribution is 7.89. The van der Waals surface area contributed by atoms with Crippen LogP contribution in [-0.2, 0) is 10.0 Å². The van der Waals surface area contributed by atoms with E-state index in [1.165, 1.54) is 0 Å². The fourth-order valence-electron chi connectivity index (χ4n) is 2.65. The van der Waals surface area contributed by atoms with Crippen LogP contribution in [0, 0.1) is 18.8 Å². The Morgan fingerprint density at radius 3 is 1.84 bits per heavy atom. The lowest BCUT2D eigenvalue weighted by molar-refractivity contribution is 0.312. The van der Waals surface area contributed by atoms with Gasteiger partial charge in [0.05, 0.1) is 13.2 Å². The summed E-state index contributed by atoms with van der Waals surface area (Å²) in [7, 11) is -3.67. The van der Waals surface area contributed by atoms with Crippen LogP contribution in [0.15, 0.2) is 17.0 Å². The Labute approximate surface area is 153 Å². The summed E-state index contributed by atoms with van der Waals surface area (Å²) in [5.41, 5.74) is 0.864. The van der Waals surface area contributed by atoms with Gasteiger partial charge in [0, 0.05) is 19.2 Å². The molecule has 1 rings (SSSR count). The SMILES string of the molecule is CCOc1cc(S(=O)(=O)N(CC(C)C)CC(C)C)c(OCC)cc1C. The van der Waals surface area contributed by atoms with Crippen molar-refractivity contribution in [1.82, 2.24) is 4.31 Å². The number of rotatable bonds is 10. The largest absolute Gasteiger partial charge is 0.494 e. The minimum absolute atomic E-state index is 0.185. The molecule has 0 radical (unpaired) electrons. The fraction of sp³-hybridized carbons (Fsp3) is 0.684. The van der Waals surface area contributed by atoms with Crippen molar-refractivity contribution in [2.45, 2.75) is 53.4 Å². The van der Waals surface area contributed by atoms with E-state index in [1.807, 2.05) is 48.5 Å². The molecule has 0 aliphatic rings. The molecule has 1 aromatic rings. The highest BCUT2D eigenvalue weighted by Crippen LogP contribution is 2.34. The van der Waals surface area contributed by atoms with Crippen LogP contribution in [0.25, 0.3) is 0 Å². The molecular weight excluding hydrogens is 338 g/mol. The molecule has 1 aromatic carbocycles. The zero-order valence-corrected chi connectivity index (χ0v) is 17.4. The molecule has 0 amide bonds. The molecule has 0 bridgehead atoms. The van der Waals surface area contributed by atoms with Gasteiger partial charge in [-0.15, -0.1) is 0 Å². The van der Waals surface area contributed by atoms with E-state index in [2.05, 4.69) is 0 Å². The first-order valence-electron chi connectivity index (χ1n) is 9.03. The van der Waals surface area contributed by atoms with Gasteiger partial charge in [-0.2, -0.15) is 4.31 Å². The van der Waals surface area contributed by atoms with Crippen molar-refractivity contribution >= 4 is 10.0 Å². The molecule has 0 fully saturated rings. The standard InChI is InChI=1S/C19H33NO4S/c1-8-23-17-11-19(18(24-9-2)10-16(17)7)25(21,22)20(12-14(3)4)13-15(5)6/h10-11,14-15H,8-9,12-13H2,1-7H3. The van der Waals surface area contributed by atoms with Gasteiger partial charge in [0.2, 0.25) is 10.0 Å². The molecule has 0 spiro atoms. The second kappa shape index (κ2) is 9.43. The van der Waals surface area contributed by atoms with Crippen LogP contribution in [0.3, 0.4) is 0 Å². The zero-order valence-electron chi connectivity index (χ0n) is 16.6. The number of hydrogen-bond donors (Lipinski definition) is 0. The van der Waals surface area contributed by atoms with Gasteiger partial charge in [-0.25, -0.2) is 8.42 Å². The number of sulfonamides is 1. The van der Waals surface area contributed by atoms with E-state index >= 15 is 0 Å². The molecule has 0 N–H and O–H groups in total. The smallest absolute Gasteiger partial charge is 0.246 e. The zero-order chi connectivity index (χ0) is 19.2. The summed E-state index contributed by atoms with van der Waals surface area (Å²) < 4.78 is 39.5. The Kier molecular flexibility index (Phi) is 8.22. The second-order valence-corrected chi connectivity index (χ2v) is 8.95. The van der Waals surface area contributed by atoms with Crippen LogP contribution in [0.2, 0.25) is 0 Å². The maximum absolute atomic E-state index is 13.4. The van der Waals surface area contributed by atoms with Crippen molar-refractivity contribution in [2.24, 2.45) is 11.8 Å². The summed E-state index contributed by atoms with van der Waals surface area (Å²) in [5, 5.41) is 0. The third-order valence-corrected chi connectivity index (χ3v) is 5.45. The van der Waals surface area contributed by atoms with E-state index < -0.39 is 10.0 Å². The molecule has 6 heteroatoms. The Morgan fingerprint density at radius 2 is 1.40 bits per heavy atom. The lowest BCUT2D eigenvalue weighted by atomic mass is 10.2. The van der Waals surface area contributed by atoms with Crippen LogP contribution < -0.4 is 9.47 Å². The van der Waals surface area contributed by atoms with E-state index in [-0.39, 0.29) is 16.7 Å². The maximum Gasteiger partial charge on any atom is 0.246 e. The molecule has 25 heavy (non-hydrogen) atoms. The summed E-state index contributed by atoms with van der Waals surface area (Å²) in [4.78, 5) is 0.185. The normalized spacial score (nSPS) is 12.2. The Hall–Kier alpha value is -1.27. The average molecular weight is 372 g/mol. The van der Waals surface area contributed by atoms with E-state index in [0.29, 0.717) is 37.8 Å². The highest BCUT2D eigenvalue weighted by atomic mass is 32.2. The maximum atomic E-state index is 13.4. The predicted molar refractivity (Wildman–Crippen MR) is 102 cm³/mol. The number of benzene rings is 1. The number of nitrogens with zero attached hydrogens (tertiary/aromatic N) is 1. The van der Waals surface area contributed by atoms with Gasteiger partial charge in [-0.05, 0) is 44.2 Å². The second-order valence-electron chi connectivity index (χ2n) is 7.04. The first-order valence-corrected chi connectivity index (χ1v) is 10.5. The van der Waals surface area contributed by atoms with Crippen LogP contribution in [0.1, 0.15) is 47.1 Å². The third-order valence-electron chi connectivity index (χ3n) is 3.60. The molecule has 5 nitrogen and oxygen atoms in total. The number of aryl methyl sites for hydroxylation is 1. The van der Waals surface area contributed by atoms with Crippen LogP contribution >= 0.6 is 0 Å². The molecule has 0 unspecified atom stereocenters. The average Bonchev–Trinajstić information content (AvgIpc) is 2.48. The van der Waals surface area contributed by atoms with Crippen molar-refractivity contribution in [1.29, 1.82) is 0 Å². The van der Waals surface area contributed by atoms with Gasteiger partial charge in [0.15, 0.2) is 0 Å². The van der Waals surface area contributed by atoms with Gasteiger partial charge in [0.1, 0.15) is 16.4 Å². The molecule has 0 saturated heterocycles. The molecule has 0 saturated carbocycles. The van der Waals surface area contributed by atoms with E-state index in [9.17, 15) is 8.42 Å². The summed E-state index contributed by atoms with van der Waals surface area (Å²) in [6.07, 6.45) is 0. The lowest BCUT2D eigenvalue weighted by Crippen LogP contribution is -2.37. The summed E-state index contributed by atoms with van der Waals surface area (Å²) in [6.45, 7) is 15.6. The Morgan fingerprint density at radius 1 is 0.920 bits per heavy atom. The number of ether oxygens (including phenoxy) is 2. The lowest BCUT2D eigenvalue weighted by Gasteiger charge is -2.27. The van der Waals surface area contributed by atoms with Gasteiger partial charge >= 0.3 is 0 Å². The first-order chi connectivity index (χ1) is 11.6. The van der Waals surface area contributed by atoms with Crippen molar-refractivity contribution in [3.63, 3.8) is 0 Å². The van der Waals surface area contributed by atoms with Crippen molar-refractivity contribution in [3.8, 4) is 11.5 Å². The van der Waals surface area contributed by atoms with Gasteiger partial charge < -0.3 is 9.47 Å². The van der Waals surface area contributed by atoms with Crippen molar-refractivity contribution < 1.29 is 17.9 Å². The van der Waals surface area contributed by atoms with Crippen LogP contribution in [-0.4, -0.2) is 39.0 Å².